The standard InChI is InChI=1S/C19H26N2/c1-16(2)21(15-18-8-4-3-5-9-18)13-7-11-17-10-6-12-19(20)14-17/h3-6,8-10,12,14,16H,7,11,13,15,20H2,1-2H3. The number of nitrogens with zero attached hydrogens (tertiary/aromatic N) is 1. The fourth-order valence-electron chi connectivity index (χ4n) is 2.57. The van der Waals surface area contributed by atoms with Crippen molar-refractivity contribution < 1.29 is 0 Å². The van der Waals surface area contributed by atoms with Gasteiger partial charge in [-0.05, 0) is 56.5 Å². The largest absolute Gasteiger partial charge is 0.399 e. The Hall–Kier alpha value is -1.80. The lowest BCUT2D eigenvalue weighted by molar-refractivity contribution is 0.210. The monoisotopic (exact) mass is 282 g/mol. The van der Waals surface area contributed by atoms with E-state index < -0.39 is 0 Å². The minimum absolute atomic E-state index is 0.561. The third-order valence-electron chi connectivity index (χ3n) is 3.82. The summed E-state index contributed by atoms with van der Waals surface area (Å²) in [7, 11) is 0. The lowest BCUT2D eigenvalue weighted by Crippen LogP contribution is -2.31. The molecule has 0 aliphatic heterocycles. The van der Waals surface area contributed by atoms with Gasteiger partial charge in [-0.2, -0.15) is 0 Å². The Bertz CT molecular complexity index is 534. The van der Waals surface area contributed by atoms with Crippen LogP contribution >= 0.6 is 0 Å². The van der Waals surface area contributed by atoms with Gasteiger partial charge in [0.25, 0.3) is 0 Å². The number of benzene rings is 2. The second-order valence-corrected chi connectivity index (χ2v) is 5.90. The molecule has 21 heavy (non-hydrogen) atoms. The molecule has 0 fully saturated rings. The highest BCUT2D eigenvalue weighted by Gasteiger charge is 2.09. The summed E-state index contributed by atoms with van der Waals surface area (Å²) in [4.78, 5) is 2.53. The van der Waals surface area contributed by atoms with Crippen LogP contribution in [0.2, 0.25) is 0 Å². The predicted octanol–water partition coefficient (Wildman–Crippen LogP) is 4.11. The molecule has 0 atom stereocenters. The molecule has 0 saturated heterocycles. The average molecular weight is 282 g/mol. The summed E-state index contributed by atoms with van der Waals surface area (Å²) in [6, 6.07) is 19.5. The Labute approximate surface area is 128 Å². The molecule has 0 radical (unpaired) electrons. The summed E-state index contributed by atoms with van der Waals surface area (Å²) >= 11 is 0. The van der Waals surface area contributed by atoms with E-state index in [9.17, 15) is 0 Å². The van der Waals surface area contributed by atoms with Gasteiger partial charge >= 0.3 is 0 Å². The smallest absolute Gasteiger partial charge is 0.0316 e. The van der Waals surface area contributed by atoms with Crippen molar-refractivity contribution in [3.8, 4) is 0 Å². The van der Waals surface area contributed by atoms with Gasteiger partial charge in [0.2, 0.25) is 0 Å². The van der Waals surface area contributed by atoms with E-state index in [2.05, 4.69) is 61.2 Å². The minimum atomic E-state index is 0.561. The Morgan fingerprint density at radius 1 is 0.952 bits per heavy atom. The van der Waals surface area contributed by atoms with Gasteiger partial charge in [0.1, 0.15) is 0 Å². The third kappa shape index (κ3) is 5.24. The van der Waals surface area contributed by atoms with Crippen molar-refractivity contribution in [2.75, 3.05) is 12.3 Å². The Balaban J connectivity index is 1.86. The molecule has 0 heterocycles. The van der Waals surface area contributed by atoms with Crippen molar-refractivity contribution in [3.05, 3.63) is 65.7 Å². The van der Waals surface area contributed by atoms with E-state index in [1.54, 1.807) is 0 Å². The van der Waals surface area contributed by atoms with Crippen LogP contribution in [0.5, 0.6) is 0 Å². The fraction of sp³-hybridized carbons (Fsp3) is 0.368. The minimum Gasteiger partial charge on any atom is -0.399 e. The van der Waals surface area contributed by atoms with Crippen molar-refractivity contribution >= 4 is 5.69 Å². The number of aryl methyl sites for hydroxylation is 1. The third-order valence-corrected chi connectivity index (χ3v) is 3.82. The molecule has 0 aliphatic rings. The van der Waals surface area contributed by atoms with Crippen LogP contribution in [0.25, 0.3) is 0 Å². The van der Waals surface area contributed by atoms with Crippen molar-refractivity contribution in [2.45, 2.75) is 39.3 Å². The highest BCUT2D eigenvalue weighted by molar-refractivity contribution is 5.40. The van der Waals surface area contributed by atoms with E-state index in [-0.39, 0.29) is 0 Å². The quantitative estimate of drug-likeness (QED) is 0.774. The molecule has 0 aliphatic carbocycles. The van der Waals surface area contributed by atoms with Gasteiger partial charge in [-0.15, -0.1) is 0 Å². The van der Waals surface area contributed by atoms with Crippen LogP contribution < -0.4 is 5.73 Å². The number of nitrogen functional groups attached to an aromatic ring is 1. The van der Waals surface area contributed by atoms with Crippen LogP contribution in [-0.2, 0) is 13.0 Å². The van der Waals surface area contributed by atoms with Crippen LogP contribution in [0.4, 0.5) is 5.69 Å². The zero-order valence-corrected chi connectivity index (χ0v) is 13.1. The van der Waals surface area contributed by atoms with E-state index in [1.165, 1.54) is 11.1 Å². The van der Waals surface area contributed by atoms with Gasteiger partial charge < -0.3 is 5.73 Å². The van der Waals surface area contributed by atoms with E-state index in [4.69, 9.17) is 5.73 Å². The molecule has 2 aromatic carbocycles. The summed E-state index contributed by atoms with van der Waals surface area (Å²) in [5.41, 5.74) is 9.41. The van der Waals surface area contributed by atoms with Crippen molar-refractivity contribution in [1.82, 2.24) is 4.90 Å². The van der Waals surface area contributed by atoms with Crippen LogP contribution in [0, 0.1) is 0 Å². The zero-order valence-electron chi connectivity index (χ0n) is 13.1. The lowest BCUT2D eigenvalue weighted by atomic mass is 10.1. The van der Waals surface area contributed by atoms with Crippen molar-refractivity contribution in [2.24, 2.45) is 0 Å². The van der Waals surface area contributed by atoms with E-state index in [1.807, 2.05) is 12.1 Å². The van der Waals surface area contributed by atoms with Gasteiger partial charge in [0.15, 0.2) is 0 Å². The van der Waals surface area contributed by atoms with Crippen molar-refractivity contribution in [3.63, 3.8) is 0 Å². The normalized spacial score (nSPS) is 11.2. The SMILES string of the molecule is CC(C)N(CCCc1cccc(N)c1)Cc1ccccc1. The molecule has 2 aromatic rings. The molecule has 0 aromatic heterocycles. The zero-order chi connectivity index (χ0) is 15.1. The van der Waals surface area contributed by atoms with Gasteiger partial charge in [-0.1, -0.05) is 42.5 Å². The van der Waals surface area contributed by atoms with Gasteiger partial charge in [-0.3, -0.25) is 4.90 Å². The Kier molecular flexibility index (Phi) is 5.82. The van der Waals surface area contributed by atoms with Gasteiger partial charge in [0, 0.05) is 18.3 Å². The summed E-state index contributed by atoms with van der Waals surface area (Å²) in [6.45, 7) is 6.67. The first-order valence-electron chi connectivity index (χ1n) is 7.77. The maximum absolute atomic E-state index is 5.83. The van der Waals surface area contributed by atoms with E-state index in [0.29, 0.717) is 6.04 Å². The molecular weight excluding hydrogens is 256 g/mol. The first-order valence-corrected chi connectivity index (χ1v) is 7.77. The first-order chi connectivity index (χ1) is 10.1. The molecule has 0 amide bonds. The molecule has 112 valence electrons. The van der Waals surface area contributed by atoms with E-state index >= 15 is 0 Å². The Morgan fingerprint density at radius 3 is 2.33 bits per heavy atom. The molecule has 0 spiro atoms. The summed E-state index contributed by atoms with van der Waals surface area (Å²) < 4.78 is 0. The van der Waals surface area contributed by atoms with Gasteiger partial charge in [-0.25, -0.2) is 0 Å². The predicted molar refractivity (Wildman–Crippen MR) is 91.2 cm³/mol. The second-order valence-electron chi connectivity index (χ2n) is 5.90. The summed E-state index contributed by atoms with van der Waals surface area (Å²) in [6.07, 6.45) is 2.25. The number of rotatable bonds is 7. The van der Waals surface area contributed by atoms with Gasteiger partial charge in [0.05, 0.1) is 0 Å². The first kappa shape index (κ1) is 15.6. The molecule has 0 bridgehead atoms. The number of anilines is 1. The molecule has 0 saturated carbocycles. The van der Waals surface area contributed by atoms with Crippen molar-refractivity contribution in [1.29, 1.82) is 0 Å². The summed E-state index contributed by atoms with van der Waals surface area (Å²) in [5, 5.41) is 0. The molecule has 2 heteroatoms. The maximum Gasteiger partial charge on any atom is 0.0316 e. The Morgan fingerprint density at radius 2 is 1.67 bits per heavy atom. The van der Waals surface area contributed by atoms with Crippen LogP contribution in [-0.4, -0.2) is 17.5 Å². The van der Waals surface area contributed by atoms with E-state index in [0.717, 1.165) is 31.6 Å². The number of hydrogen-bond donors (Lipinski definition) is 1. The number of hydrogen-bond acceptors (Lipinski definition) is 2. The van der Waals surface area contributed by atoms with Crippen LogP contribution in [0.1, 0.15) is 31.4 Å². The topological polar surface area (TPSA) is 29.3 Å². The summed E-state index contributed by atoms with van der Waals surface area (Å²) in [5.74, 6) is 0. The molecule has 2 rings (SSSR count). The molecule has 2 N–H and O–H groups in total. The van der Waals surface area contributed by atoms with Crippen LogP contribution in [0.15, 0.2) is 54.6 Å². The highest BCUT2D eigenvalue weighted by atomic mass is 15.1. The molecular formula is C19H26N2. The second kappa shape index (κ2) is 7.84. The molecule has 0 unspecified atom stereocenters. The maximum atomic E-state index is 5.83. The van der Waals surface area contributed by atoms with Crippen LogP contribution in [0.3, 0.4) is 0 Å². The average Bonchev–Trinajstić information content (AvgIpc) is 2.47. The highest BCUT2D eigenvalue weighted by Crippen LogP contribution is 2.12. The fourth-order valence-corrected chi connectivity index (χ4v) is 2.57. The molecule has 2 nitrogen and oxygen atoms in total. The number of nitrogens with two attached hydrogens (primary N) is 1. The lowest BCUT2D eigenvalue weighted by Gasteiger charge is -2.26.